The van der Waals surface area contributed by atoms with Crippen LogP contribution in [0.1, 0.15) is 54.7 Å². The summed E-state index contributed by atoms with van der Waals surface area (Å²) in [6, 6.07) is 0.616. The van der Waals surface area contributed by atoms with Crippen LogP contribution in [0, 0.1) is 0 Å². The lowest BCUT2D eigenvalue weighted by molar-refractivity contribution is 0.0517. The highest BCUT2D eigenvalue weighted by atomic mass is 16.6. The van der Waals surface area contributed by atoms with Gasteiger partial charge in [0.25, 0.3) is 0 Å². The zero-order valence-corrected chi connectivity index (χ0v) is 13.7. The van der Waals surface area contributed by atoms with Gasteiger partial charge < -0.3 is 19.9 Å². The minimum Gasteiger partial charge on any atom is -0.477 e. The summed E-state index contributed by atoms with van der Waals surface area (Å²) in [6.07, 6.45) is -0.624. The number of aromatic carboxylic acids is 1. The van der Waals surface area contributed by atoms with Gasteiger partial charge >= 0.3 is 18.0 Å². The second kappa shape index (κ2) is 7.12. The highest BCUT2D eigenvalue weighted by molar-refractivity contribution is 5.92. The molecule has 0 aliphatic carbocycles. The molecular formula is C14H21N3O6. The molecule has 2 N–H and O–H groups in total. The van der Waals surface area contributed by atoms with Crippen LogP contribution in [0.2, 0.25) is 0 Å². The van der Waals surface area contributed by atoms with Crippen molar-refractivity contribution >= 4 is 18.0 Å². The van der Waals surface area contributed by atoms with Gasteiger partial charge in [0.2, 0.25) is 0 Å². The van der Waals surface area contributed by atoms with Crippen molar-refractivity contribution in [3.8, 4) is 0 Å². The Morgan fingerprint density at radius 2 is 2.00 bits per heavy atom. The molecule has 0 aromatic carbocycles. The van der Waals surface area contributed by atoms with Gasteiger partial charge in [-0.3, -0.25) is 4.68 Å². The third kappa shape index (κ3) is 5.28. The molecule has 9 nitrogen and oxygen atoms in total. The molecule has 1 rings (SSSR count). The number of aromatic nitrogens is 2. The maximum atomic E-state index is 11.6. The third-order valence-corrected chi connectivity index (χ3v) is 2.71. The summed E-state index contributed by atoms with van der Waals surface area (Å²) in [4.78, 5) is 34.3. The number of methoxy groups -OCH3 is 1. The fraction of sp³-hybridized carbons (Fsp3) is 0.571. The summed E-state index contributed by atoms with van der Waals surface area (Å²) in [7, 11) is 1.18. The topological polar surface area (TPSA) is 120 Å². The first-order chi connectivity index (χ1) is 10.5. The molecular weight excluding hydrogens is 306 g/mol. The van der Waals surface area contributed by atoms with Gasteiger partial charge in [-0.1, -0.05) is 0 Å². The van der Waals surface area contributed by atoms with Gasteiger partial charge in [-0.05, 0) is 27.7 Å². The molecule has 0 bridgehead atoms. The van der Waals surface area contributed by atoms with E-state index < -0.39 is 29.7 Å². The van der Waals surface area contributed by atoms with Crippen LogP contribution in [0.5, 0.6) is 0 Å². The largest absolute Gasteiger partial charge is 0.477 e. The number of hydrogen-bond acceptors (Lipinski definition) is 6. The van der Waals surface area contributed by atoms with Crippen LogP contribution in [0.3, 0.4) is 0 Å². The lowest BCUT2D eigenvalue weighted by Crippen LogP contribution is -2.36. The lowest BCUT2D eigenvalue weighted by Gasteiger charge is -2.21. The van der Waals surface area contributed by atoms with Crippen molar-refractivity contribution in [3.63, 3.8) is 0 Å². The third-order valence-electron chi connectivity index (χ3n) is 2.71. The average molecular weight is 327 g/mol. The summed E-state index contributed by atoms with van der Waals surface area (Å²) in [5.41, 5.74) is -0.929. The molecule has 9 heteroatoms. The molecule has 0 spiro atoms. The minimum atomic E-state index is -1.24. The maximum Gasteiger partial charge on any atom is 0.407 e. The van der Waals surface area contributed by atoms with Crippen molar-refractivity contribution in [1.82, 2.24) is 15.1 Å². The number of hydrogen-bond donors (Lipinski definition) is 2. The number of carboxylic acids is 1. The van der Waals surface area contributed by atoms with Crippen molar-refractivity contribution in [2.24, 2.45) is 0 Å². The lowest BCUT2D eigenvalue weighted by atomic mass is 10.2. The van der Waals surface area contributed by atoms with Crippen LogP contribution < -0.4 is 5.32 Å². The Balaban J connectivity index is 2.84. The van der Waals surface area contributed by atoms with E-state index in [2.05, 4.69) is 15.2 Å². The van der Waals surface area contributed by atoms with Crippen LogP contribution >= 0.6 is 0 Å². The molecule has 1 aromatic heterocycles. The van der Waals surface area contributed by atoms with E-state index in [9.17, 15) is 19.5 Å². The normalized spacial score (nSPS) is 12.4. The second-order valence-electron chi connectivity index (χ2n) is 5.89. The fourth-order valence-electron chi connectivity index (χ4n) is 1.73. The molecule has 0 unspecified atom stereocenters. The molecule has 1 atom stereocenters. The first kappa shape index (κ1) is 18.5. The number of alkyl carbamates (subject to hydrolysis) is 1. The molecule has 0 aliphatic heterocycles. The SMILES string of the molecule is COC(=O)c1cc(C(=O)O)n([C@H](C)CNC(=O)OC(C)(C)C)n1. The highest BCUT2D eigenvalue weighted by Crippen LogP contribution is 2.13. The van der Waals surface area contributed by atoms with E-state index >= 15 is 0 Å². The van der Waals surface area contributed by atoms with Crippen molar-refractivity contribution in [1.29, 1.82) is 0 Å². The smallest absolute Gasteiger partial charge is 0.407 e. The Morgan fingerprint density at radius 1 is 1.39 bits per heavy atom. The van der Waals surface area contributed by atoms with Crippen LogP contribution in [-0.2, 0) is 9.47 Å². The van der Waals surface area contributed by atoms with Crippen LogP contribution in [-0.4, -0.2) is 52.2 Å². The first-order valence-corrected chi connectivity index (χ1v) is 6.93. The van der Waals surface area contributed by atoms with Gasteiger partial charge in [-0.25, -0.2) is 14.4 Å². The Labute approximate surface area is 133 Å². The van der Waals surface area contributed by atoms with Gasteiger partial charge in [-0.2, -0.15) is 5.10 Å². The van der Waals surface area contributed by atoms with E-state index in [0.717, 1.165) is 10.7 Å². The van der Waals surface area contributed by atoms with Crippen molar-refractivity contribution in [2.75, 3.05) is 13.7 Å². The summed E-state index contributed by atoms with van der Waals surface area (Å²) in [6.45, 7) is 6.92. The molecule has 0 fully saturated rings. The molecule has 0 saturated carbocycles. The molecule has 1 heterocycles. The predicted molar refractivity (Wildman–Crippen MR) is 79.5 cm³/mol. The van der Waals surface area contributed by atoms with Gasteiger partial charge in [0.1, 0.15) is 11.3 Å². The van der Waals surface area contributed by atoms with Crippen molar-refractivity contribution in [3.05, 3.63) is 17.5 Å². The van der Waals surface area contributed by atoms with Gasteiger partial charge in [0.15, 0.2) is 5.69 Å². The quantitative estimate of drug-likeness (QED) is 0.785. The Kier molecular flexibility index (Phi) is 5.72. The molecule has 23 heavy (non-hydrogen) atoms. The zero-order chi connectivity index (χ0) is 17.8. The zero-order valence-electron chi connectivity index (χ0n) is 13.7. The molecule has 128 valence electrons. The number of carbonyl (C=O) groups is 3. The number of esters is 1. The van der Waals surface area contributed by atoms with Gasteiger partial charge in [0.05, 0.1) is 13.2 Å². The van der Waals surface area contributed by atoms with Crippen LogP contribution in [0.4, 0.5) is 4.79 Å². The number of carboxylic acid groups (broad SMARTS) is 1. The molecule has 1 amide bonds. The minimum absolute atomic E-state index is 0.0808. The molecule has 1 aromatic rings. The van der Waals surface area contributed by atoms with E-state index in [-0.39, 0.29) is 17.9 Å². The van der Waals surface area contributed by atoms with E-state index in [1.54, 1.807) is 27.7 Å². The Hall–Kier alpha value is -2.58. The van der Waals surface area contributed by atoms with Crippen LogP contribution in [0.15, 0.2) is 6.07 Å². The standard InChI is InChI=1S/C14H21N3O6/c1-8(7-15-13(21)23-14(2,3)4)17-10(11(18)19)6-9(16-17)12(20)22-5/h6,8H,7H2,1-5H3,(H,15,21)(H,18,19)/t8-/m1/s1. The number of nitrogens with one attached hydrogen (secondary N) is 1. The van der Waals surface area contributed by atoms with Crippen molar-refractivity contribution in [2.45, 2.75) is 39.3 Å². The molecule has 0 saturated heterocycles. The van der Waals surface area contributed by atoms with E-state index in [0.29, 0.717) is 0 Å². The number of carbonyl (C=O) groups excluding carboxylic acids is 2. The Bertz CT molecular complexity index is 602. The number of ether oxygens (including phenoxy) is 2. The second-order valence-corrected chi connectivity index (χ2v) is 5.89. The average Bonchev–Trinajstić information content (AvgIpc) is 2.87. The predicted octanol–water partition coefficient (Wildman–Crippen LogP) is 1.45. The van der Waals surface area contributed by atoms with E-state index in [1.807, 2.05) is 0 Å². The van der Waals surface area contributed by atoms with Gasteiger partial charge in [0, 0.05) is 12.6 Å². The molecule has 0 aliphatic rings. The maximum absolute atomic E-state index is 11.6. The number of amides is 1. The monoisotopic (exact) mass is 327 g/mol. The summed E-state index contributed by atoms with van der Waals surface area (Å²) in [5.74, 6) is -1.98. The number of nitrogens with zero attached hydrogens (tertiary/aromatic N) is 2. The van der Waals surface area contributed by atoms with Crippen molar-refractivity contribution < 1.29 is 29.0 Å². The van der Waals surface area contributed by atoms with E-state index in [4.69, 9.17) is 4.74 Å². The van der Waals surface area contributed by atoms with E-state index in [1.165, 1.54) is 7.11 Å². The fourth-order valence-corrected chi connectivity index (χ4v) is 1.73. The highest BCUT2D eigenvalue weighted by Gasteiger charge is 2.23. The van der Waals surface area contributed by atoms with Gasteiger partial charge in [-0.15, -0.1) is 0 Å². The summed E-state index contributed by atoms with van der Waals surface area (Å²) in [5, 5.41) is 15.6. The Morgan fingerprint density at radius 3 is 2.48 bits per heavy atom. The summed E-state index contributed by atoms with van der Waals surface area (Å²) >= 11 is 0. The van der Waals surface area contributed by atoms with Crippen LogP contribution in [0.25, 0.3) is 0 Å². The summed E-state index contributed by atoms with van der Waals surface area (Å²) < 4.78 is 10.8. The molecule has 0 radical (unpaired) electrons. The number of rotatable bonds is 5. The first-order valence-electron chi connectivity index (χ1n) is 6.93.